The van der Waals surface area contributed by atoms with Gasteiger partial charge in [-0.15, -0.1) is 0 Å². The second kappa shape index (κ2) is 7.26. The second-order valence-electron chi connectivity index (χ2n) is 6.12. The molecule has 5 nitrogen and oxygen atoms in total. The molecule has 0 amide bonds. The lowest BCUT2D eigenvalue weighted by Gasteiger charge is -2.09. The lowest BCUT2D eigenvalue weighted by atomic mass is 10.0. The molecule has 0 aliphatic rings. The maximum absolute atomic E-state index is 13.2. The summed E-state index contributed by atoms with van der Waals surface area (Å²) in [4.78, 5) is 10.5. The maximum Gasteiger partial charge on any atom is 0.270 e. The fraction of sp³-hybridized carbons (Fsp3) is 0.0952. The van der Waals surface area contributed by atoms with Gasteiger partial charge in [-0.25, -0.2) is 4.39 Å². The number of aryl methyl sites for hydroxylation is 1. The molecule has 0 aliphatic carbocycles. The molecule has 2 aromatic carbocycles. The molecule has 6 heteroatoms. The van der Waals surface area contributed by atoms with Crippen molar-refractivity contribution in [2.24, 2.45) is 0 Å². The molecule has 0 aliphatic heterocycles. The minimum atomic E-state index is -0.487. The van der Waals surface area contributed by atoms with Crippen LogP contribution >= 0.6 is 0 Å². The van der Waals surface area contributed by atoms with Gasteiger partial charge in [0.05, 0.1) is 16.6 Å². The molecule has 27 heavy (non-hydrogen) atoms. The summed E-state index contributed by atoms with van der Waals surface area (Å²) in [6, 6.07) is 16.2. The summed E-state index contributed by atoms with van der Waals surface area (Å²) in [6.07, 6.45) is 1.71. The average Bonchev–Trinajstić information content (AvgIpc) is 2.94. The Morgan fingerprint density at radius 3 is 2.52 bits per heavy atom. The fourth-order valence-electron chi connectivity index (χ4n) is 3.04. The first kappa shape index (κ1) is 18.1. The number of allylic oxidation sites excluding steroid dienone is 1. The van der Waals surface area contributed by atoms with E-state index in [1.807, 2.05) is 24.5 Å². The summed E-state index contributed by atoms with van der Waals surface area (Å²) in [5.74, 6) is -0.307. The molecule has 3 rings (SSSR count). The molecular formula is C21H16FN3O2. The van der Waals surface area contributed by atoms with Crippen LogP contribution in [0, 0.1) is 41.1 Å². The normalized spacial score (nSPS) is 11.3. The molecular weight excluding hydrogens is 345 g/mol. The first-order valence-corrected chi connectivity index (χ1v) is 8.22. The van der Waals surface area contributed by atoms with Crippen LogP contribution in [-0.4, -0.2) is 9.49 Å². The summed E-state index contributed by atoms with van der Waals surface area (Å²) in [7, 11) is 0. The van der Waals surface area contributed by atoms with Gasteiger partial charge in [0.1, 0.15) is 5.82 Å². The minimum Gasteiger partial charge on any atom is -0.318 e. The van der Waals surface area contributed by atoms with Crippen LogP contribution in [0.5, 0.6) is 0 Å². The number of rotatable bonds is 4. The van der Waals surface area contributed by atoms with Gasteiger partial charge < -0.3 is 4.57 Å². The number of nitrogens with zero attached hydrogens (tertiary/aromatic N) is 3. The SMILES string of the molecule is Cc1cc(/C=C(/C#N)c2cccc([N+](=O)[O-])c2)c(C)n1-c1ccc(F)cc1. The van der Waals surface area contributed by atoms with Gasteiger partial charge in [0.15, 0.2) is 0 Å². The van der Waals surface area contributed by atoms with E-state index in [2.05, 4.69) is 6.07 Å². The number of nitriles is 1. The monoisotopic (exact) mass is 361 g/mol. The third kappa shape index (κ3) is 3.62. The van der Waals surface area contributed by atoms with Crippen LogP contribution < -0.4 is 0 Å². The number of nitro groups is 1. The Bertz CT molecular complexity index is 1090. The van der Waals surface area contributed by atoms with E-state index < -0.39 is 4.92 Å². The zero-order chi connectivity index (χ0) is 19.6. The third-order valence-corrected chi connectivity index (χ3v) is 4.34. The van der Waals surface area contributed by atoms with Gasteiger partial charge in [-0.1, -0.05) is 12.1 Å². The summed E-state index contributed by atoms with van der Waals surface area (Å²) < 4.78 is 15.2. The molecule has 1 heterocycles. The van der Waals surface area contributed by atoms with Crippen molar-refractivity contribution in [2.45, 2.75) is 13.8 Å². The Morgan fingerprint density at radius 1 is 1.19 bits per heavy atom. The first-order chi connectivity index (χ1) is 12.9. The van der Waals surface area contributed by atoms with Crippen molar-refractivity contribution in [1.29, 1.82) is 5.26 Å². The highest BCUT2D eigenvalue weighted by Gasteiger charge is 2.13. The zero-order valence-corrected chi connectivity index (χ0v) is 14.8. The van der Waals surface area contributed by atoms with Crippen molar-refractivity contribution in [1.82, 2.24) is 4.57 Å². The summed E-state index contributed by atoms with van der Waals surface area (Å²) >= 11 is 0. The third-order valence-electron chi connectivity index (χ3n) is 4.34. The number of hydrogen-bond acceptors (Lipinski definition) is 3. The lowest BCUT2D eigenvalue weighted by molar-refractivity contribution is -0.384. The van der Waals surface area contributed by atoms with Crippen LogP contribution in [0.25, 0.3) is 17.3 Å². The molecule has 0 atom stereocenters. The average molecular weight is 361 g/mol. The van der Waals surface area contributed by atoms with Crippen molar-refractivity contribution >= 4 is 17.3 Å². The molecule has 0 bridgehead atoms. The van der Waals surface area contributed by atoms with Crippen LogP contribution in [0.3, 0.4) is 0 Å². The molecule has 134 valence electrons. The van der Waals surface area contributed by atoms with E-state index in [4.69, 9.17) is 0 Å². The molecule has 1 aromatic heterocycles. The predicted octanol–water partition coefficient (Wildman–Crippen LogP) is 5.21. The van der Waals surface area contributed by atoms with E-state index in [1.165, 1.54) is 24.3 Å². The molecule has 0 radical (unpaired) electrons. The van der Waals surface area contributed by atoms with Gasteiger partial charge in [-0.05, 0) is 61.4 Å². The smallest absolute Gasteiger partial charge is 0.270 e. The van der Waals surface area contributed by atoms with Crippen molar-refractivity contribution in [3.63, 3.8) is 0 Å². The number of halogens is 1. The largest absolute Gasteiger partial charge is 0.318 e. The van der Waals surface area contributed by atoms with Gasteiger partial charge in [0, 0.05) is 29.2 Å². The van der Waals surface area contributed by atoms with E-state index in [-0.39, 0.29) is 11.5 Å². The fourth-order valence-corrected chi connectivity index (χ4v) is 3.04. The van der Waals surface area contributed by atoms with Gasteiger partial charge >= 0.3 is 0 Å². The number of benzene rings is 2. The Kier molecular flexibility index (Phi) is 4.86. The molecule has 0 fully saturated rings. The summed E-state index contributed by atoms with van der Waals surface area (Å²) in [5, 5.41) is 20.5. The Morgan fingerprint density at radius 2 is 1.89 bits per heavy atom. The number of aromatic nitrogens is 1. The van der Waals surface area contributed by atoms with Crippen LogP contribution in [0.4, 0.5) is 10.1 Å². The Labute approximate surface area is 155 Å². The molecule has 0 saturated heterocycles. The molecule has 0 spiro atoms. The first-order valence-electron chi connectivity index (χ1n) is 8.22. The predicted molar refractivity (Wildman–Crippen MR) is 102 cm³/mol. The Hall–Kier alpha value is -3.72. The van der Waals surface area contributed by atoms with E-state index in [0.717, 1.165) is 22.6 Å². The van der Waals surface area contributed by atoms with Crippen molar-refractivity contribution in [3.05, 3.63) is 93.0 Å². The van der Waals surface area contributed by atoms with Crippen LogP contribution in [0.1, 0.15) is 22.5 Å². The highest BCUT2D eigenvalue weighted by Crippen LogP contribution is 2.26. The van der Waals surface area contributed by atoms with E-state index in [1.54, 1.807) is 30.3 Å². The van der Waals surface area contributed by atoms with Crippen molar-refractivity contribution in [3.8, 4) is 11.8 Å². The topological polar surface area (TPSA) is 71.9 Å². The van der Waals surface area contributed by atoms with E-state index in [0.29, 0.717) is 11.1 Å². The lowest BCUT2D eigenvalue weighted by Crippen LogP contribution is -1.99. The van der Waals surface area contributed by atoms with Crippen LogP contribution in [0.15, 0.2) is 54.6 Å². The minimum absolute atomic E-state index is 0.0644. The molecule has 0 unspecified atom stereocenters. The van der Waals surface area contributed by atoms with E-state index >= 15 is 0 Å². The highest BCUT2D eigenvalue weighted by molar-refractivity contribution is 5.90. The second-order valence-corrected chi connectivity index (χ2v) is 6.12. The molecule has 3 aromatic rings. The van der Waals surface area contributed by atoms with Gasteiger partial charge in [0.25, 0.3) is 5.69 Å². The van der Waals surface area contributed by atoms with Gasteiger partial charge in [-0.3, -0.25) is 10.1 Å². The molecule has 0 saturated carbocycles. The van der Waals surface area contributed by atoms with Crippen LogP contribution in [0.2, 0.25) is 0 Å². The zero-order valence-electron chi connectivity index (χ0n) is 14.8. The highest BCUT2D eigenvalue weighted by atomic mass is 19.1. The standard InChI is InChI=1S/C21H16FN3O2/c1-14-10-17(15(2)24(14)20-8-6-19(22)7-9-20)11-18(13-23)16-4-3-5-21(12-16)25(26)27/h3-12H,1-2H3/b18-11-. The number of non-ortho nitro benzene ring substituents is 1. The van der Waals surface area contributed by atoms with E-state index in [9.17, 15) is 19.8 Å². The van der Waals surface area contributed by atoms with Gasteiger partial charge in [-0.2, -0.15) is 5.26 Å². The quantitative estimate of drug-likeness (QED) is 0.364. The van der Waals surface area contributed by atoms with Gasteiger partial charge in [0.2, 0.25) is 0 Å². The van der Waals surface area contributed by atoms with Crippen LogP contribution in [-0.2, 0) is 0 Å². The maximum atomic E-state index is 13.2. The summed E-state index contributed by atoms with van der Waals surface area (Å²) in [5.41, 5.74) is 4.21. The summed E-state index contributed by atoms with van der Waals surface area (Å²) in [6.45, 7) is 3.83. The number of hydrogen-bond donors (Lipinski definition) is 0. The Balaban J connectivity index is 2.07. The molecule has 0 N–H and O–H groups in total. The van der Waals surface area contributed by atoms with Crippen molar-refractivity contribution < 1.29 is 9.31 Å². The van der Waals surface area contributed by atoms with Crippen molar-refractivity contribution in [2.75, 3.05) is 0 Å². The number of nitro benzene ring substituents is 1.